The molecule has 102 valence electrons. The van der Waals surface area contributed by atoms with Gasteiger partial charge in [0.15, 0.2) is 0 Å². The zero-order valence-corrected chi connectivity index (χ0v) is 12.7. The van der Waals surface area contributed by atoms with Crippen LogP contribution in [-0.2, 0) is 4.79 Å². The van der Waals surface area contributed by atoms with E-state index in [9.17, 15) is 4.79 Å². The first-order chi connectivity index (χ1) is 8.58. The van der Waals surface area contributed by atoms with Crippen LogP contribution in [0.1, 0.15) is 33.1 Å². The molecular weight excluding hydrogens is 264 g/mol. The Morgan fingerprint density at radius 3 is 2.94 bits per heavy atom. The second-order valence-electron chi connectivity index (χ2n) is 4.51. The van der Waals surface area contributed by atoms with E-state index in [0.29, 0.717) is 0 Å². The third kappa shape index (κ3) is 5.00. The first-order valence-electron chi connectivity index (χ1n) is 6.29. The Hall–Kier alpha value is -0.520. The lowest BCUT2D eigenvalue weighted by molar-refractivity contribution is -0.124. The molecule has 1 unspecified atom stereocenters. The van der Waals surface area contributed by atoms with E-state index >= 15 is 0 Å². The molecule has 1 atom stereocenters. The van der Waals surface area contributed by atoms with Crippen LogP contribution in [0.5, 0.6) is 0 Å². The van der Waals surface area contributed by atoms with Gasteiger partial charge in [0.2, 0.25) is 5.91 Å². The maximum Gasteiger partial charge on any atom is 0.237 e. The van der Waals surface area contributed by atoms with Gasteiger partial charge < -0.3 is 11.1 Å². The number of nitrogens with two attached hydrogens (primary N) is 1. The van der Waals surface area contributed by atoms with Crippen LogP contribution in [0.4, 0.5) is 0 Å². The Balaban J connectivity index is 2.31. The minimum atomic E-state index is -0.563. The number of nitrogens with one attached hydrogen (secondary N) is 1. The van der Waals surface area contributed by atoms with Gasteiger partial charge in [0.25, 0.3) is 0 Å². The smallest absolute Gasteiger partial charge is 0.237 e. The van der Waals surface area contributed by atoms with Crippen molar-refractivity contribution < 1.29 is 4.79 Å². The van der Waals surface area contributed by atoms with Gasteiger partial charge in [0, 0.05) is 0 Å². The Morgan fingerprint density at radius 1 is 1.61 bits per heavy atom. The predicted octanol–water partition coefficient (Wildman–Crippen LogP) is 2.86. The average Bonchev–Trinajstić information content (AvgIpc) is 2.85. The SMILES string of the molecule is CCCNC(C)(CCCSc1cccs1)C(N)=O. The van der Waals surface area contributed by atoms with Crippen LogP contribution in [0.25, 0.3) is 0 Å². The van der Waals surface area contributed by atoms with Gasteiger partial charge in [-0.15, -0.1) is 23.1 Å². The van der Waals surface area contributed by atoms with Gasteiger partial charge in [0.05, 0.1) is 9.75 Å². The van der Waals surface area contributed by atoms with E-state index in [-0.39, 0.29) is 5.91 Å². The fraction of sp³-hybridized carbons (Fsp3) is 0.615. The van der Waals surface area contributed by atoms with Crippen molar-refractivity contribution in [3.05, 3.63) is 17.5 Å². The molecule has 1 amide bonds. The van der Waals surface area contributed by atoms with E-state index in [4.69, 9.17) is 5.73 Å². The lowest BCUT2D eigenvalue weighted by Gasteiger charge is -2.27. The van der Waals surface area contributed by atoms with Crippen LogP contribution in [0, 0.1) is 0 Å². The summed E-state index contributed by atoms with van der Waals surface area (Å²) in [6.45, 7) is 4.82. The lowest BCUT2D eigenvalue weighted by Crippen LogP contribution is -2.53. The summed E-state index contributed by atoms with van der Waals surface area (Å²) in [4.78, 5) is 11.5. The van der Waals surface area contributed by atoms with Gasteiger partial charge in [-0.25, -0.2) is 0 Å². The molecule has 0 aliphatic carbocycles. The minimum Gasteiger partial charge on any atom is -0.368 e. The van der Waals surface area contributed by atoms with Crippen molar-refractivity contribution in [1.29, 1.82) is 0 Å². The highest BCUT2D eigenvalue weighted by molar-refractivity contribution is 8.01. The summed E-state index contributed by atoms with van der Waals surface area (Å²) in [7, 11) is 0. The number of hydrogen-bond donors (Lipinski definition) is 2. The molecule has 0 bridgehead atoms. The maximum atomic E-state index is 11.5. The van der Waals surface area contributed by atoms with Crippen molar-refractivity contribution >= 4 is 29.0 Å². The van der Waals surface area contributed by atoms with Crippen LogP contribution < -0.4 is 11.1 Å². The lowest BCUT2D eigenvalue weighted by atomic mass is 9.95. The Labute approximate surface area is 118 Å². The first-order valence-corrected chi connectivity index (χ1v) is 8.16. The fourth-order valence-electron chi connectivity index (χ4n) is 1.64. The van der Waals surface area contributed by atoms with Gasteiger partial charge in [-0.05, 0) is 49.9 Å². The third-order valence-corrected chi connectivity index (χ3v) is 5.09. The highest BCUT2D eigenvalue weighted by atomic mass is 32.2. The Bertz CT molecular complexity index is 354. The normalized spacial score (nSPS) is 14.3. The van der Waals surface area contributed by atoms with Gasteiger partial charge in [0.1, 0.15) is 0 Å². The Morgan fingerprint density at radius 2 is 2.39 bits per heavy atom. The summed E-state index contributed by atoms with van der Waals surface area (Å²) in [5, 5.41) is 5.34. The zero-order chi connectivity index (χ0) is 13.4. The summed E-state index contributed by atoms with van der Waals surface area (Å²) in [5.41, 5.74) is 4.92. The van der Waals surface area contributed by atoms with Crippen molar-refractivity contribution in [2.24, 2.45) is 5.73 Å². The van der Waals surface area contributed by atoms with Crippen molar-refractivity contribution in [2.75, 3.05) is 12.3 Å². The largest absolute Gasteiger partial charge is 0.368 e. The summed E-state index contributed by atoms with van der Waals surface area (Å²) in [5.74, 6) is 0.772. The molecule has 3 N–H and O–H groups in total. The molecule has 1 heterocycles. The second kappa shape index (κ2) is 7.81. The first kappa shape index (κ1) is 15.5. The topological polar surface area (TPSA) is 55.1 Å². The molecule has 0 saturated carbocycles. The van der Waals surface area contributed by atoms with E-state index < -0.39 is 5.54 Å². The van der Waals surface area contributed by atoms with Gasteiger partial charge in [-0.1, -0.05) is 13.0 Å². The molecule has 0 aliphatic rings. The second-order valence-corrected chi connectivity index (χ2v) is 6.85. The number of thiophene rings is 1. The van der Waals surface area contributed by atoms with Crippen LogP contribution in [0.15, 0.2) is 21.7 Å². The van der Waals surface area contributed by atoms with Gasteiger partial charge in [-0.3, -0.25) is 4.79 Å². The molecule has 5 heteroatoms. The number of rotatable bonds is 9. The minimum absolute atomic E-state index is 0.253. The zero-order valence-electron chi connectivity index (χ0n) is 11.1. The van der Waals surface area contributed by atoms with Crippen LogP contribution in [0.2, 0.25) is 0 Å². The van der Waals surface area contributed by atoms with E-state index in [1.807, 2.05) is 18.7 Å². The van der Waals surface area contributed by atoms with Crippen LogP contribution in [0.3, 0.4) is 0 Å². The quantitative estimate of drug-likeness (QED) is 0.542. The molecule has 0 aliphatic heterocycles. The fourth-order valence-corrected chi connectivity index (χ4v) is 3.45. The van der Waals surface area contributed by atoms with Crippen molar-refractivity contribution in [2.45, 2.75) is 42.9 Å². The number of amides is 1. The van der Waals surface area contributed by atoms with E-state index in [2.05, 4.69) is 29.8 Å². The van der Waals surface area contributed by atoms with Crippen molar-refractivity contribution in [1.82, 2.24) is 5.32 Å². The van der Waals surface area contributed by atoms with Crippen molar-refractivity contribution in [3.8, 4) is 0 Å². The predicted molar refractivity (Wildman–Crippen MR) is 80.2 cm³/mol. The molecular formula is C13H22N2OS2. The van der Waals surface area contributed by atoms with E-state index in [1.54, 1.807) is 11.3 Å². The van der Waals surface area contributed by atoms with Crippen LogP contribution in [-0.4, -0.2) is 23.7 Å². The van der Waals surface area contributed by atoms with E-state index in [0.717, 1.165) is 31.6 Å². The summed E-state index contributed by atoms with van der Waals surface area (Å²) in [6.07, 6.45) is 2.78. The van der Waals surface area contributed by atoms with Crippen molar-refractivity contribution in [3.63, 3.8) is 0 Å². The summed E-state index contributed by atoms with van der Waals surface area (Å²) in [6, 6.07) is 4.18. The number of thioether (sulfide) groups is 1. The molecule has 0 saturated heterocycles. The molecule has 3 nitrogen and oxygen atoms in total. The molecule has 1 aromatic rings. The molecule has 0 fully saturated rings. The number of carbonyl (C=O) groups is 1. The summed E-state index contributed by atoms with van der Waals surface area (Å²) >= 11 is 3.60. The monoisotopic (exact) mass is 286 g/mol. The molecule has 0 spiro atoms. The highest BCUT2D eigenvalue weighted by Crippen LogP contribution is 2.25. The van der Waals surface area contributed by atoms with Crippen LogP contribution >= 0.6 is 23.1 Å². The average molecular weight is 286 g/mol. The molecule has 1 rings (SSSR count). The van der Waals surface area contributed by atoms with Gasteiger partial charge >= 0.3 is 0 Å². The van der Waals surface area contributed by atoms with E-state index in [1.165, 1.54) is 4.21 Å². The Kier molecular flexibility index (Phi) is 6.75. The van der Waals surface area contributed by atoms with Gasteiger partial charge in [-0.2, -0.15) is 0 Å². The number of primary amides is 1. The number of hydrogen-bond acceptors (Lipinski definition) is 4. The standard InChI is InChI=1S/C13H22N2OS2/c1-3-8-15-13(2,12(14)16)7-5-10-18-11-6-4-9-17-11/h4,6,9,15H,3,5,7-8,10H2,1-2H3,(H2,14,16). The molecule has 18 heavy (non-hydrogen) atoms. The summed E-state index contributed by atoms with van der Waals surface area (Å²) < 4.78 is 1.33. The molecule has 0 radical (unpaired) electrons. The third-order valence-electron chi connectivity index (χ3n) is 2.87. The molecule has 1 aromatic heterocycles. The maximum absolute atomic E-state index is 11.5. The number of carbonyl (C=O) groups excluding carboxylic acids is 1. The molecule has 0 aromatic carbocycles. The highest BCUT2D eigenvalue weighted by Gasteiger charge is 2.29.